The van der Waals surface area contributed by atoms with Gasteiger partial charge >= 0.3 is 0 Å². The first-order valence-electron chi connectivity index (χ1n) is 7.78. The van der Waals surface area contributed by atoms with Crippen molar-refractivity contribution in [3.05, 3.63) is 0 Å². The van der Waals surface area contributed by atoms with Crippen LogP contribution < -0.4 is 5.32 Å². The minimum atomic E-state index is 0.343. The summed E-state index contributed by atoms with van der Waals surface area (Å²) in [5, 5.41) is 3.46. The van der Waals surface area contributed by atoms with Crippen LogP contribution in [0.1, 0.15) is 52.9 Å². The van der Waals surface area contributed by atoms with Crippen molar-refractivity contribution < 1.29 is 4.79 Å². The second-order valence-electron chi connectivity index (χ2n) is 5.94. The number of amides is 1. The highest BCUT2D eigenvalue weighted by molar-refractivity contribution is 5.79. The third-order valence-corrected chi connectivity index (χ3v) is 4.70. The molecule has 1 N–H and O–H groups in total. The Balaban J connectivity index is 0.000000574. The molecule has 3 fully saturated rings. The molecule has 1 aliphatic carbocycles. The maximum atomic E-state index is 12.4. The number of hydrogen-bond acceptors (Lipinski definition) is 2. The molecule has 0 radical (unpaired) electrons. The zero-order chi connectivity index (χ0) is 13.1. The Morgan fingerprint density at radius 2 is 1.83 bits per heavy atom. The Bertz CT molecular complexity index is 284. The molecular weight excluding hydrogens is 224 g/mol. The summed E-state index contributed by atoms with van der Waals surface area (Å²) in [6, 6.07) is 1.10. The summed E-state index contributed by atoms with van der Waals surface area (Å²) in [7, 11) is 0. The maximum Gasteiger partial charge on any atom is 0.226 e. The van der Waals surface area contributed by atoms with Crippen molar-refractivity contribution >= 4 is 5.91 Å². The molecule has 3 aliphatic rings. The van der Waals surface area contributed by atoms with Gasteiger partial charge in [0, 0.05) is 31.1 Å². The van der Waals surface area contributed by atoms with Crippen molar-refractivity contribution in [2.45, 2.75) is 65.0 Å². The maximum absolute atomic E-state index is 12.4. The second-order valence-corrected chi connectivity index (χ2v) is 5.94. The van der Waals surface area contributed by atoms with Crippen LogP contribution >= 0.6 is 0 Å². The van der Waals surface area contributed by atoms with Crippen LogP contribution in [0, 0.1) is 11.8 Å². The first-order valence-corrected chi connectivity index (χ1v) is 7.78. The summed E-state index contributed by atoms with van der Waals surface area (Å²) >= 11 is 0. The van der Waals surface area contributed by atoms with Gasteiger partial charge in [0.2, 0.25) is 5.91 Å². The summed E-state index contributed by atoms with van der Waals surface area (Å²) < 4.78 is 0. The number of fused-ring (bicyclic) bond motifs is 2. The molecule has 104 valence electrons. The summed E-state index contributed by atoms with van der Waals surface area (Å²) in [5.74, 6) is 1.64. The van der Waals surface area contributed by atoms with E-state index in [1.807, 2.05) is 13.8 Å². The van der Waals surface area contributed by atoms with Gasteiger partial charge in [-0.25, -0.2) is 0 Å². The minimum absolute atomic E-state index is 0.343. The minimum Gasteiger partial charge on any atom is -0.337 e. The van der Waals surface area contributed by atoms with Crippen molar-refractivity contribution in [1.29, 1.82) is 0 Å². The van der Waals surface area contributed by atoms with Gasteiger partial charge in [-0.05, 0) is 38.0 Å². The lowest BCUT2D eigenvalue weighted by Gasteiger charge is -2.33. The van der Waals surface area contributed by atoms with Crippen LogP contribution in [0.5, 0.6) is 0 Å². The third kappa shape index (κ3) is 2.71. The molecule has 1 amide bonds. The zero-order valence-corrected chi connectivity index (χ0v) is 12.1. The van der Waals surface area contributed by atoms with Crippen molar-refractivity contribution in [1.82, 2.24) is 10.2 Å². The quantitative estimate of drug-likeness (QED) is 0.777. The molecule has 2 saturated heterocycles. The summed E-state index contributed by atoms with van der Waals surface area (Å²) in [6.07, 6.45) is 5.94. The van der Waals surface area contributed by atoms with Crippen LogP contribution in [0.3, 0.4) is 0 Å². The van der Waals surface area contributed by atoms with E-state index in [-0.39, 0.29) is 0 Å². The lowest BCUT2D eigenvalue weighted by Crippen LogP contribution is -2.49. The average molecular weight is 252 g/mol. The van der Waals surface area contributed by atoms with E-state index >= 15 is 0 Å². The highest BCUT2D eigenvalue weighted by Crippen LogP contribution is 2.32. The van der Waals surface area contributed by atoms with Crippen molar-refractivity contribution in [3.8, 4) is 0 Å². The molecule has 2 aliphatic heterocycles. The van der Waals surface area contributed by atoms with E-state index in [0.29, 0.717) is 23.9 Å². The smallest absolute Gasteiger partial charge is 0.226 e. The predicted octanol–water partition coefficient (Wildman–Crippen LogP) is 2.41. The fraction of sp³-hybridized carbons (Fsp3) is 0.933. The first kappa shape index (κ1) is 13.9. The first-order chi connectivity index (χ1) is 8.74. The van der Waals surface area contributed by atoms with Crippen molar-refractivity contribution in [2.75, 3.05) is 13.1 Å². The fourth-order valence-electron chi connectivity index (χ4n) is 3.57. The van der Waals surface area contributed by atoms with E-state index in [1.165, 1.54) is 19.3 Å². The standard InChI is InChI=1S/C13H22N2O.C2H6/c1-9-2-4-10(5-3-9)13(16)15-8-11-6-12(15)7-14-11;1-2/h9-12,14H,2-8H2,1H3;1-2H3/t9?,10?,11-,12-;/m0./s1. The normalized spacial score (nSPS) is 38.3. The lowest BCUT2D eigenvalue weighted by molar-refractivity contribution is -0.138. The van der Waals surface area contributed by atoms with Gasteiger partial charge in [-0.3, -0.25) is 4.79 Å². The number of carbonyl (C=O) groups excluding carboxylic acids is 1. The number of rotatable bonds is 1. The largest absolute Gasteiger partial charge is 0.337 e. The Hall–Kier alpha value is -0.570. The Morgan fingerprint density at radius 3 is 2.33 bits per heavy atom. The van der Waals surface area contributed by atoms with Gasteiger partial charge in [-0.2, -0.15) is 0 Å². The summed E-state index contributed by atoms with van der Waals surface area (Å²) in [5.41, 5.74) is 0. The van der Waals surface area contributed by atoms with Gasteiger partial charge in [-0.15, -0.1) is 0 Å². The molecule has 0 aromatic heterocycles. The van der Waals surface area contributed by atoms with Gasteiger partial charge in [0.1, 0.15) is 0 Å². The molecule has 2 heterocycles. The van der Waals surface area contributed by atoms with Gasteiger partial charge in [0.25, 0.3) is 0 Å². The van der Waals surface area contributed by atoms with Crippen LogP contribution in [0.15, 0.2) is 0 Å². The predicted molar refractivity (Wildman–Crippen MR) is 74.4 cm³/mol. The van der Waals surface area contributed by atoms with Crippen LogP contribution in [0.25, 0.3) is 0 Å². The van der Waals surface area contributed by atoms with E-state index in [9.17, 15) is 4.79 Å². The Kier molecular flexibility index (Phi) is 4.66. The van der Waals surface area contributed by atoms with Crippen LogP contribution in [-0.4, -0.2) is 36.0 Å². The molecule has 3 rings (SSSR count). The SMILES string of the molecule is CC.CC1CCC(C(=O)N2C[C@@H]3C[C@H]2CN3)CC1. The van der Waals surface area contributed by atoms with Gasteiger partial charge in [-0.1, -0.05) is 20.8 Å². The van der Waals surface area contributed by atoms with Crippen LogP contribution in [0.2, 0.25) is 0 Å². The van der Waals surface area contributed by atoms with Crippen LogP contribution in [0.4, 0.5) is 0 Å². The molecule has 0 aromatic rings. The number of piperazine rings is 1. The Morgan fingerprint density at radius 1 is 1.17 bits per heavy atom. The highest BCUT2D eigenvalue weighted by Gasteiger charge is 2.42. The molecule has 1 saturated carbocycles. The number of carbonyl (C=O) groups is 1. The molecule has 2 bridgehead atoms. The monoisotopic (exact) mass is 252 g/mol. The van der Waals surface area contributed by atoms with E-state index in [4.69, 9.17) is 0 Å². The average Bonchev–Trinajstić information content (AvgIpc) is 3.03. The van der Waals surface area contributed by atoms with Crippen LogP contribution in [-0.2, 0) is 4.79 Å². The van der Waals surface area contributed by atoms with Gasteiger partial charge in [0.05, 0.1) is 0 Å². The number of nitrogens with zero attached hydrogens (tertiary/aromatic N) is 1. The molecule has 3 heteroatoms. The second kappa shape index (κ2) is 6.05. The van der Waals surface area contributed by atoms with Crippen molar-refractivity contribution in [3.63, 3.8) is 0 Å². The summed E-state index contributed by atoms with van der Waals surface area (Å²) in [4.78, 5) is 14.6. The van der Waals surface area contributed by atoms with Gasteiger partial charge in [0.15, 0.2) is 0 Å². The van der Waals surface area contributed by atoms with Gasteiger partial charge < -0.3 is 10.2 Å². The van der Waals surface area contributed by atoms with E-state index < -0.39 is 0 Å². The van der Waals surface area contributed by atoms with Crippen molar-refractivity contribution in [2.24, 2.45) is 11.8 Å². The topological polar surface area (TPSA) is 32.3 Å². The fourth-order valence-corrected chi connectivity index (χ4v) is 3.57. The highest BCUT2D eigenvalue weighted by atomic mass is 16.2. The molecular formula is C15H28N2O. The number of nitrogens with one attached hydrogen (secondary N) is 1. The van der Waals surface area contributed by atoms with E-state index in [1.54, 1.807) is 0 Å². The number of hydrogen-bond donors (Lipinski definition) is 1. The molecule has 0 aromatic carbocycles. The molecule has 2 atom stereocenters. The zero-order valence-electron chi connectivity index (χ0n) is 12.1. The summed E-state index contributed by atoms with van der Waals surface area (Å²) in [6.45, 7) is 8.30. The molecule has 3 nitrogen and oxygen atoms in total. The third-order valence-electron chi connectivity index (χ3n) is 4.70. The molecule has 0 unspecified atom stereocenters. The molecule has 18 heavy (non-hydrogen) atoms. The van der Waals surface area contributed by atoms with E-state index in [0.717, 1.165) is 31.8 Å². The molecule has 0 spiro atoms. The Labute approximate surface area is 111 Å². The van der Waals surface area contributed by atoms with E-state index in [2.05, 4.69) is 17.1 Å². The lowest BCUT2D eigenvalue weighted by atomic mass is 9.82. The number of likely N-dealkylation sites (tertiary alicyclic amines) is 1.